The normalized spacial score (nSPS) is 18.3. The maximum atomic E-state index is 6.09. The van der Waals surface area contributed by atoms with Crippen LogP contribution in [0.3, 0.4) is 0 Å². The van der Waals surface area contributed by atoms with Crippen molar-refractivity contribution in [2.24, 2.45) is 0 Å². The summed E-state index contributed by atoms with van der Waals surface area (Å²) < 4.78 is 9.67. The number of nitrogens with two attached hydrogens (primary N) is 1. The van der Waals surface area contributed by atoms with E-state index in [9.17, 15) is 0 Å². The van der Waals surface area contributed by atoms with Crippen molar-refractivity contribution in [3.63, 3.8) is 0 Å². The first-order valence-electron chi connectivity index (χ1n) is 7.62. The van der Waals surface area contributed by atoms with E-state index in [0.29, 0.717) is 5.82 Å². The van der Waals surface area contributed by atoms with Gasteiger partial charge in [-0.15, -0.1) is 0 Å². The van der Waals surface area contributed by atoms with E-state index in [-0.39, 0.29) is 6.10 Å². The van der Waals surface area contributed by atoms with Gasteiger partial charge >= 0.3 is 0 Å². The molecule has 3 aromatic rings. The second-order valence-corrected chi connectivity index (χ2v) is 5.77. The molecule has 4 rings (SSSR count). The number of ether oxygens (including phenoxy) is 1. The lowest BCUT2D eigenvalue weighted by Crippen LogP contribution is -2.18. The number of hydrogen-bond acceptors (Lipinski definition) is 4. The molecule has 114 valence electrons. The standard InChI is InChI=1S/C16H19N5O/c1-11-9-15(17)21(19-11)16-18-13-6-2-3-7-14(13)20(16)10-12-5-4-8-22-12/h2-3,6-7,9,12H,4-5,8,10,17H2,1H3. The summed E-state index contributed by atoms with van der Waals surface area (Å²) in [5, 5.41) is 4.48. The first kappa shape index (κ1) is 13.3. The largest absolute Gasteiger partial charge is 0.383 e. The summed E-state index contributed by atoms with van der Waals surface area (Å²) in [7, 11) is 0. The lowest BCUT2D eigenvalue weighted by Gasteiger charge is -2.14. The number of benzene rings is 1. The molecule has 1 aromatic carbocycles. The average Bonchev–Trinajstić information content (AvgIpc) is 3.20. The number of para-hydroxylation sites is 2. The Morgan fingerprint density at radius 1 is 1.36 bits per heavy atom. The minimum Gasteiger partial charge on any atom is -0.383 e. The van der Waals surface area contributed by atoms with Gasteiger partial charge in [-0.25, -0.2) is 4.98 Å². The van der Waals surface area contributed by atoms with Gasteiger partial charge in [0.1, 0.15) is 5.82 Å². The van der Waals surface area contributed by atoms with Crippen molar-refractivity contribution in [2.45, 2.75) is 32.4 Å². The summed E-state index contributed by atoms with van der Waals surface area (Å²) in [6.45, 7) is 3.55. The van der Waals surface area contributed by atoms with Crippen LogP contribution in [0.25, 0.3) is 17.0 Å². The van der Waals surface area contributed by atoms with Gasteiger partial charge in [0.2, 0.25) is 5.95 Å². The highest BCUT2D eigenvalue weighted by Crippen LogP contribution is 2.24. The molecule has 0 saturated carbocycles. The molecule has 0 radical (unpaired) electrons. The van der Waals surface area contributed by atoms with Crippen LogP contribution in [-0.4, -0.2) is 32.0 Å². The van der Waals surface area contributed by atoms with E-state index in [4.69, 9.17) is 15.5 Å². The van der Waals surface area contributed by atoms with Gasteiger partial charge in [0.15, 0.2) is 0 Å². The lowest BCUT2D eigenvalue weighted by atomic mass is 10.2. The van der Waals surface area contributed by atoms with Gasteiger partial charge < -0.3 is 15.0 Å². The van der Waals surface area contributed by atoms with Gasteiger partial charge in [-0.05, 0) is 31.9 Å². The van der Waals surface area contributed by atoms with E-state index < -0.39 is 0 Å². The monoisotopic (exact) mass is 297 g/mol. The number of anilines is 1. The zero-order chi connectivity index (χ0) is 15.1. The third kappa shape index (κ3) is 2.16. The van der Waals surface area contributed by atoms with E-state index in [1.807, 2.05) is 31.2 Å². The average molecular weight is 297 g/mol. The van der Waals surface area contributed by atoms with Gasteiger partial charge in [0, 0.05) is 12.7 Å². The molecule has 0 spiro atoms. The zero-order valence-electron chi connectivity index (χ0n) is 12.6. The van der Waals surface area contributed by atoms with Crippen molar-refractivity contribution < 1.29 is 4.74 Å². The molecule has 2 aromatic heterocycles. The Hall–Kier alpha value is -2.34. The molecule has 1 aliphatic heterocycles. The highest BCUT2D eigenvalue weighted by atomic mass is 16.5. The molecule has 3 heterocycles. The third-order valence-corrected chi connectivity index (χ3v) is 4.09. The first-order valence-corrected chi connectivity index (χ1v) is 7.62. The molecule has 0 aliphatic carbocycles. The van der Waals surface area contributed by atoms with Gasteiger partial charge in [-0.3, -0.25) is 0 Å². The van der Waals surface area contributed by atoms with Crippen LogP contribution in [-0.2, 0) is 11.3 Å². The van der Waals surface area contributed by atoms with E-state index in [0.717, 1.165) is 48.7 Å². The molecule has 1 fully saturated rings. The van der Waals surface area contributed by atoms with Gasteiger partial charge in [-0.2, -0.15) is 9.78 Å². The summed E-state index contributed by atoms with van der Waals surface area (Å²) in [5.74, 6) is 1.35. The minimum absolute atomic E-state index is 0.231. The smallest absolute Gasteiger partial charge is 0.233 e. The van der Waals surface area contributed by atoms with E-state index in [2.05, 4.69) is 15.7 Å². The Labute approximate surface area is 128 Å². The van der Waals surface area contributed by atoms with Crippen molar-refractivity contribution in [2.75, 3.05) is 12.3 Å². The lowest BCUT2D eigenvalue weighted by molar-refractivity contribution is 0.0977. The fourth-order valence-electron chi connectivity index (χ4n) is 3.08. The van der Waals surface area contributed by atoms with Crippen LogP contribution in [0.4, 0.5) is 5.82 Å². The number of imidazole rings is 1. The number of nitrogens with zero attached hydrogens (tertiary/aromatic N) is 4. The number of rotatable bonds is 3. The van der Waals surface area contributed by atoms with Crippen LogP contribution in [0.15, 0.2) is 30.3 Å². The summed E-state index contributed by atoms with van der Waals surface area (Å²) >= 11 is 0. The minimum atomic E-state index is 0.231. The predicted octanol–water partition coefficient (Wildman–Crippen LogP) is 2.29. The van der Waals surface area contributed by atoms with Crippen molar-refractivity contribution in [3.05, 3.63) is 36.0 Å². The fourth-order valence-corrected chi connectivity index (χ4v) is 3.08. The molecule has 6 nitrogen and oxygen atoms in total. The highest BCUT2D eigenvalue weighted by Gasteiger charge is 2.21. The van der Waals surface area contributed by atoms with Gasteiger partial charge in [0.25, 0.3) is 0 Å². The summed E-state index contributed by atoms with van der Waals surface area (Å²) in [4.78, 5) is 4.73. The van der Waals surface area contributed by atoms with E-state index in [1.165, 1.54) is 0 Å². The van der Waals surface area contributed by atoms with Crippen molar-refractivity contribution in [3.8, 4) is 5.95 Å². The molecule has 6 heteroatoms. The van der Waals surface area contributed by atoms with Crippen molar-refractivity contribution in [1.82, 2.24) is 19.3 Å². The molecule has 0 bridgehead atoms. The summed E-state index contributed by atoms with van der Waals surface area (Å²) in [6.07, 6.45) is 2.43. The quantitative estimate of drug-likeness (QED) is 0.805. The third-order valence-electron chi connectivity index (χ3n) is 4.09. The summed E-state index contributed by atoms with van der Waals surface area (Å²) in [6, 6.07) is 9.96. The van der Waals surface area contributed by atoms with Crippen molar-refractivity contribution >= 4 is 16.9 Å². The molecule has 2 N–H and O–H groups in total. The van der Waals surface area contributed by atoms with Crippen LogP contribution in [0, 0.1) is 6.92 Å². The second kappa shape index (κ2) is 5.14. The van der Waals surface area contributed by atoms with E-state index in [1.54, 1.807) is 4.68 Å². The second-order valence-electron chi connectivity index (χ2n) is 5.77. The first-order chi connectivity index (χ1) is 10.7. The Bertz CT molecular complexity index is 813. The Morgan fingerprint density at radius 2 is 2.23 bits per heavy atom. The fraction of sp³-hybridized carbons (Fsp3) is 0.375. The molecule has 1 unspecified atom stereocenters. The molecule has 0 amide bonds. The number of fused-ring (bicyclic) bond motifs is 1. The van der Waals surface area contributed by atoms with Crippen LogP contribution in [0.1, 0.15) is 18.5 Å². The topological polar surface area (TPSA) is 70.9 Å². The van der Waals surface area contributed by atoms with Crippen LogP contribution >= 0.6 is 0 Å². The molecule has 22 heavy (non-hydrogen) atoms. The highest BCUT2D eigenvalue weighted by molar-refractivity contribution is 5.77. The molecule has 1 saturated heterocycles. The van der Waals surface area contributed by atoms with E-state index >= 15 is 0 Å². The molecule has 1 aliphatic rings. The predicted molar refractivity (Wildman–Crippen MR) is 85.0 cm³/mol. The van der Waals surface area contributed by atoms with Crippen LogP contribution in [0.2, 0.25) is 0 Å². The van der Waals surface area contributed by atoms with Gasteiger partial charge in [0.05, 0.1) is 29.4 Å². The SMILES string of the molecule is Cc1cc(N)n(-c2nc3ccccc3n2CC2CCCO2)n1. The number of aromatic nitrogens is 4. The number of aryl methyl sites for hydroxylation is 1. The van der Waals surface area contributed by atoms with Crippen LogP contribution in [0.5, 0.6) is 0 Å². The maximum Gasteiger partial charge on any atom is 0.233 e. The Balaban J connectivity index is 1.87. The zero-order valence-corrected chi connectivity index (χ0v) is 12.6. The maximum absolute atomic E-state index is 6.09. The van der Waals surface area contributed by atoms with Crippen molar-refractivity contribution in [1.29, 1.82) is 0 Å². The van der Waals surface area contributed by atoms with Crippen LogP contribution < -0.4 is 5.73 Å². The number of hydrogen-bond donors (Lipinski definition) is 1. The molecular weight excluding hydrogens is 278 g/mol. The Kier molecular flexibility index (Phi) is 3.11. The summed E-state index contributed by atoms with van der Waals surface area (Å²) in [5.41, 5.74) is 9.00. The Morgan fingerprint density at radius 3 is 2.95 bits per heavy atom. The molecular formula is C16H19N5O. The van der Waals surface area contributed by atoms with Gasteiger partial charge in [-0.1, -0.05) is 12.1 Å². The molecule has 1 atom stereocenters. The number of nitrogen functional groups attached to an aromatic ring is 1.